The summed E-state index contributed by atoms with van der Waals surface area (Å²) in [6, 6.07) is 5.20. The van der Waals surface area contributed by atoms with Gasteiger partial charge in [0.05, 0.1) is 11.5 Å². The molecular formula is C16H22N2O4S. The highest BCUT2D eigenvalue weighted by Gasteiger charge is 2.30. The molecule has 126 valence electrons. The summed E-state index contributed by atoms with van der Waals surface area (Å²) < 4.78 is 22.8. The molecule has 1 heterocycles. The normalized spacial score (nSPS) is 19.6. The fourth-order valence-electron chi connectivity index (χ4n) is 2.67. The second kappa shape index (κ2) is 6.70. The van der Waals surface area contributed by atoms with Crippen LogP contribution in [0.4, 0.5) is 5.69 Å². The van der Waals surface area contributed by atoms with Gasteiger partial charge in [0.1, 0.15) is 0 Å². The molecule has 7 heteroatoms. The lowest BCUT2D eigenvalue weighted by Crippen LogP contribution is -2.42. The Bertz CT molecular complexity index is 726. The molecule has 0 radical (unpaired) electrons. The van der Waals surface area contributed by atoms with E-state index in [-0.39, 0.29) is 17.4 Å². The van der Waals surface area contributed by atoms with Crippen molar-refractivity contribution in [2.24, 2.45) is 0 Å². The number of hydrogen-bond acceptors (Lipinski definition) is 4. The van der Waals surface area contributed by atoms with E-state index in [0.717, 1.165) is 11.1 Å². The van der Waals surface area contributed by atoms with Gasteiger partial charge in [0.25, 0.3) is 0 Å². The van der Waals surface area contributed by atoms with Crippen molar-refractivity contribution in [2.75, 3.05) is 16.8 Å². The molecule has 1 aliphatic heterocycles. The average molecular weight is 338 g/mol. The molecule has 0 spiro atoms. The molecule has 2 rings (SSSR count). The highest BCUT2D eigenvalue weighted by Crippen LogP contribution is 2.27. The van der Waals surface area contributed by atoms with Crippen LogP contribution in [0.1, 0.15) is 37.3 Å². The number of amides is 2. The lowest BCUT2D eigenvalue weighted by molar-refractivity contribution is -0.136. The van der Waals surface area contributed by atoms with E-state index >= 15 is 0 Å². The molecule has 1 fully saturated rings. The van der Waals surface area contributed by atoms with Gasteiger partial charge in [0.15, 0.2) is 9.84 Å². The monoisotopic (exact) mass is 338 g/mol. The number of sulfone groups is 1. The van der Waals surface area contributed by atoms with E-state index in [0.29, 0.717) is 12.1 Å². The van der Waals surface area contributed by atoms with E-state index in [9.17, 15) is 18.0 Å². The highest BCUT2D eigenvalue weighted by molar-refractivity contribution is 7.91. The van der Waals surface area contributed by atoms with E-state index in [1.165, 1.54) is 0 Å². The van der Waals surface area contributed by atoms with Gasteiger partial charge in [-0.15, -0.1) is 0 Å². The molecule has 1 aliphatic rings. The summed E-state index contributed by atoms with van der Waals surface area (Å²) in [5.74, 6) is -1.42. The van der Waals surface area contributed by atoms with Crippen molar-refractivity contribution >= 4 is 27.3 Å². The third-order valence-corrected chi connectivity index (χ3v) is 5.71. The molecule has 0 bridgehead atoms. The molecule has 1 saturated heterocycles. The van der Waals surface area contributed by atoms with E-state index in [4.69, 9.17) is 0 Å². The largest absolute Gasteiger partial charge is 0.344 e. The van der Waals surface area contributed by atoms with Crippen molar-refractivity contribution in [3.05, 3.63) is 29.3 Å². The van der Waals surface area contributed by atoms with E-state index in [2.05, 4.69) is 10.6 Å². The highest BCUT2D eigenvalue weighted by atomic mass is 32.2. The van der Waals surface area contributed by atoms with Crippen LogP contribution >= 0.6 is 0 Å². The van der Waals surface area contributed by atoms with Gasteiger partial charge in [-0.2, -0.15) is 0 Å². The minimum absolute atomic E-state index is 0.0505. The molecule has 1 aromatic carbocycles. The SMILES string of the molecule is Cc1cccc(C(C)C)c1NC(=O)C(=O)NC1CCS(=O)(=O)C1. The minimum Gasteiger partial charge on any atom is -0.344 e. The number of anilines is 1. The third kappa shape index (κ3) is 4.31. The zero-order chi connectivity index (χ0) is 17.2. The Balaban J connectivity index is 2.06. The quantitative estimate of drug-likeness (QED) is 0.814. The van der Waals surface area contributed by atoms with Crippen LogP contribution < -0.4 is 10.6 Å². The summed E-state index contributed by atoms with van der Waals surface area (Å²) in [6.45, 7) is 5.88. The Kier molecular flexibility index (Phi) is 5.09. The molecule has 1 atom stereocenters. The maximum atomic E-state index is 12.1. The van der Waals surface area contributed by atoms with Crippen LogP contribution in [0.5, 0.6) is 0 Å². The van der Waals surface area contributed by atoms with Crippen LogP contribution in [-0.4, -0.2) is 37.8 Å². The van der Waals surface area contributed by atoms with Gasteiger partial charge in [-0.3, -0.25) is 9.59 Å². The standard InChI is InChI=1S/C16H22N2O4S/c1-10(2)13-6-4-5-11(3)14(13)18-16(20)15(19)17-12-7-8-23(21,22)9-12/h4-6,10,12H,7-9H2,1-3H3,(H,17,19)(H,18,20). The Morgan fingerprint density at radius 2 is 1.91 bits per heavy atom. The first-order valence-electron chi connectivity index (χ1n) is 7.61. The Morgan fingerprint density at radius 1 is 1.22 bits per heavy atom. The predicted molar refractivity (Wildman–Crippen MR) is 89.1 cm³/mol. The molecule has 2 amide bonds. The number of nitrogens with one attached hydrogen (secondary N) is 2. The summed E-state index contributed by atoms with van der Waals surface area (Å²) in [4.78, 5) is 24.1. The second-order valence-electron chi connectivity index (χ2n) is 6.22. The maximum Gasteiger partial charge on any atom is 0.313 e. The lowest BCUT2D eigenvalue weighted by Gasteiger charge is -2.17. The summed E-state index contributed by atoms with van der Waals surface area (Å²) in [5.41, 5.74) is 2.47. The van der Waals surface area contributed by atoms with Crippen LogP contribution in [0.15, 0.2) is 18.2 Å². The topological polar surface area (TPSA) is 92.3 Å². The minimum atomic E-state index is -3.10. The van der Waals surface area contributed by atoms with Crippen molar-refractivity contribution in [3.63, 3.8) is 0 Å². The summed E-state index contributed by atoms with van der Waals surface area (Å²) in [7, 11) is -3.10. The molecule has 0 aromatic heterocycles. The smallest absolute Gasteiger partial charge is 0.313 e. The Morgan fingerprint density at radius 3 is 2.48 bits per heavy atom. The van der Waals surface area contributed by atoms with Crippen molar-refractivity contribution in [1.82, 2.24) is 5.32 Å². The second-order valence-corrected chi connectivity index (χ2v) is 8.45. The molecule has 23 heavy (non-hydrogen) atoms. The van der Waals surface area contributed by atoms with Gasteiger partial charge < -0.3 is 10.6 Å². The Labute approximate surface area is 136 Å². The number of aryl methyl sites for hydroxylation is 1. The van der Waals surface area contributed by atoms with Gasteiger partial charge >= 0.3 is 11.8 Å². The molecule has 1 unspecified atom stereocenters. The molecule has 2 N–H and O–H groups in total. The van der Waals surface area contributed by atoms with Crippen molar-refractivity contribution in [1.29, 1.82) is 0 Å². The van der Waals surface area contributed by atoms with Crippen molar-refractivity contribution in [2.45, 2.75) is 39.2 Å². The van der Waals surface area contributed by atoms with Gasteiger partial charge in [0, 0.05) is 11.7 Å². The number of rotatable bonds is 3. The number of para-hydroxylation sites is 1. The lowest BCUT2D eigenvalue weighted by atomic mass is 9.98. The first kappa shape index (κ1) is 17.5. The zero-order valence-corrected chi connectivity index (χ0v) is 14.4. The average Bonchev–Trinajstić information content (AvgIpc) is 2.79. The summed E-state index contributed by atoms with van der Waals surface area (Å²) in [6.07, 6.45) is 0.350. The van der Waals surface area contributed by atoms with Crippen LogP contribution in [0.3, 0.4) is 0 Å². The van der Waals surface area contributed by atoms with E-state index in [1.807, 2.05) is 39.0 Å². The van der Waals surface area contributed by atoms with Gasteiger partial charge in [-0.05, 0) is 30.4 Å². The first-order chi connectivity index (χ1) is 10.7. The molecule has 6 nitrogen and oxygen atoms in total. The molecule has 0 saturated carbocycles. The van der Waals surface area contributed by atoms with Gasteiger partial charge in [-0.1, -0.05) is 32.0 Å². The van der Waals surface area contributed by atoms with Crippen LogP contribution in [0.25, 0.3) is 0 Å². The zero-order valence-electron chi connectivity index (χ0n) is 13.5. The van der Waals surface area contributed by atoms with Crippen LogP contribution in [0, 0.1) is 6.92 Å². The number of carbonyl (C=O) groups is 2. The summed E-state index contributed by atoms with van der Waals surface area (Å²) in [5, 5.41) is 5.15. The molecule has 0 aliphatic carbocycles. The Hall–Kier alpha value is -1.89. The third-order valence-electron chi connectivity index (χ3n) is 3.94. The predicted octanol–water partition coefficient (Wildman–Crippen LogP) is 1.36. The van der Waals surface area contributed by atoms with Crippen LogP contribution in [-0.2, 0) is 19.4 Å². The fourth-order valence-corrected chi connectivity index (χ4v) is 4.35. The number of hydrogen-bond donors (Lipinski definition) is 2. The maximum absolute atomic E-state index is 12.1. The number of carbonyl (C=O) groups excluding carboxylic acids is 2. The van der Waals surface area contributed by atoms with Crippen molar-refractivity contribution < 1.29 is 18.0 Å². The van der Waals surface area contributed by atoms with E-state index in [1.54, 1.807) is 0 Å². The summed E-state index contributed by atoms with van der Waals surface area (Å²) >= 11 is 0. The number of benzene rings is 1. The molecular weight excluding hydrogens is 316 g/mol. The molecule has 1 aromatic rings. The van der Waals surface area contributed by atoms with Crippen molar-refractivity contribution in [3.8, 4) is 0 Å². The fraction of sp³-hybridized carbons (Fsp3) is 0.500. The first-order valence-corrected chi connectivity index (χ1v) is 9.43. The van der Waals surface area contributed by atoms with E-state index < -0.39 is 27.7 Å². The van der Waals surface area contributed by atoms with Gasteiger partial charge in [0.2, 0.25) is 0 Å². The van der Waals surface area contributed by atoms with Crippen LogP contribution in [0.2, 0.25) is 0 Å². The van der Waals surface area contributed by atoms with Gasteiger partial charge in [-0.25, -0.2) is 8.42 Å².